The van der Waals surface area contributed by atoms with Crippen LogP contribution in [0.15, 0.2) is 40.1 Å². The van der Waals surface area contributed by atoms with Gasteiger partial charge in [-0.05, 0) is 18.6 Å². The van der Waals surface area contributed by atoms with Crippen LogP contribution in [0.2, 0.25) is 0 Å². The summed E-state index contributed by atoms with van der Waals surface area (Å²) in [5.74, 6) is 0. The Kier molecular flexibility index (Phi) is 5.31. The second-order valence-electron chi connectivity index (χ2n) is 5.63. The van der Waals surface area contributed by atoms with Crippen molar-refractivity contribution in [3.05, 3.63) is 53.8 Å². The summed E-state index contributed by atoms with van der Waals surface area (Å²) in [4.78, 5) is 44.7. The molecule has 0 bridgehead atoms. The molecule has 3 rings (SSSR count). The van der Waals surface area contributed by atoms with E-state index < -0.39 is 27.9 Å². The first-order valence-corrected chi connectivity index (χ1v) is 7.36. The number of hydrogen-bond donors (Lipinski definition) is 3. The molecule has 2 heterocycles. The number of rotatable bonds is 4. The van der Waals surface area contributed by atoms with E-state index in [4.69, 9.17) is 15.3 Å². The van der Waals surface area contributed by atoms with Gasteiger partial charge in [0, 0.05) is 5.41 Å². The van der Waals surface area contributed by atoms with Gasteiger partial charge >= 0.3 is 22.5 Å². The molecule has 25 heavy (non-hydrogen) atoms. The summed E-state index contributed by atoms with van der Waals surface area (Å²) >= 11 is 0. The largest absolute Gasteiger partial charge is 0.396 e. The molecule has 0 radical (unpaired) electrons. The van der Waals surface area contributed by atoms with Crippen LogP contribution in [0.25, 0.3) is 21.5 Å². The molecule has 0 unspecified atom stereocenters. The average molecular weight is 352 g/mol. The highest BCUT2D eigenvalue weighted by atomic mass is 16.4. The maximum atomic E-state index is 11.2. The van der Waals surface area contributed by atoms with Gasteiger partial charge in [0.05, 0.1) is 41.4 Å². The second kappa shape index (κ2) is 7.09. The summed E-state index contributed by atoms with van der Waals surface area (Å²) in [6.07, 6.45) is 0.594. The van der Waals surface area contributed by atoms with Crippen molar-refractivity contribution in [1.82, 2.24) is 0 Å². The van der Waals surface area contributed by atoms with E-state index in [0.29, 0.717) is 6.42 Å². The molecule has 9 nitrogen and oxygen atoms in total. The molecule has 1 aromatic carbocycles. The van der Waals surface area contributed by atoms with Gasteiger partial charge in [0.25, 0.3) is 0 Å². The lowest BCUT2D eigenvalue weighted by Crippen LogP contribution is -2.32. The first-order valence-electron chi connectivity index (χ1n) is 7.36. The Bertz CT molecular complexity index is 911. The summed E-state index contributed by atoms with van der Waals surface area (Å²) < 4.78 is 8.68. The van der Waals surface area contributed by atoms with Gasteiger partial charge in [-0.1, -0.05) is 6.92 Å². The molecule has 2 aromatic heterocycles. The lowest BCUT2D eigenvalue weighted by atomic mass is 9.88. The minimum absolute atomic E-state index is 0.0181. The van der Waals surface area contributed by atoms with Crippen molar-refractivity contribution in [3.63, 3.8) is 0 Å². The number of aliphatic hydroxyl groups excluding tert-OH is 3. The van der Waals surface area contributed by atoms with E-state index in [1.54, 1.807) is 0 Å². The van der Waals surface area contributed by atoms with Crippen molar-refractivity contribution < 1.29 is 24.2 Å². The van der Waals surface area contributed by atoms with Crippen LogP contribution in [0.3, 0.4) is 0 Å². The Morgan fingerprint density at radius 2 is 1.00 bits per heavy atom. The molecular formula is C16H16O9. The molecule has 0 amide bonds. The van der Waals surface area contributed by atoms with E-state index in [2.05, 4.69) is 8.83 Å². The number of aliphatic hydroxyl groups is 3. The monoisotopic (exact) mass is 352 g/mol. The highest BCUT2D eigenvalue weighted by Gasteiger charge is 2.24. The molecule has 9 heteroatoms. The highest BCUT2D eigenvalue weighted by Crippen LogP contribution is 2.18. The Balaban J connectivity index is 0.000000217. The van der Waals surface area contributed by atoms with Gasteiger partial charge in [-0.2, -0.15) is 0 Å². The van der Waals surface area contributed by atoms with Crippen molar-refractivity contribution >= 4 is 21.5 Å². The van der Waals surface area contributed by atoms with Crippen LogP contribution < -0.4 is 22.5 Å². The molecule has 134 valence electrons. The number of hydrogen-bond acceptors (Lipinski definition) is 9. The summed E-state index contributed by atoms with van der Waals surface area (Å²) in [6, 6.07) is 2.29. The quantitative estimate of drug-likeness (QED) is 0.528. The Morgan fingerprint density at radius 3 is 1.16 bits per heavy atom. The number of benzene rings is 1. The van der Waals surface area contributed by atoms with E-state index in [1.165, 1.54) is 0 Å². The average Bonchev–Trinajstić information content (AvgIpc) is 3.06. The third-order valence-electron chi connectivity index (χ3n) is 4.16. The van der Waals surface area contributed by atoms with Crippen molar-refractivity contribution in [3.8, 4) is 0 Å². The molecular weight excluding hydrogens is 336 g/mol. The lowest BCUT2D eigenvalue weighted by molar-refractivity contribution is 0.00304. The van der Waals surface area contributed by atoms with Crippen LogP contribution in [-0.4, -0.2) is 35.1 Å². The predicted molar refractivity (Wildman–Crippen MR) is 87.4 cm³/mol. The summed E-state index contributed by atoms with van der Waals surface area (Å²) in [5.41, 5.74) is -3.96. The summed E-state index contributed by atoms with van der Waals surface area (Å²) in [5, 5.41) is 25.9. The minimum Gasteiger partial charge on any atom is -0.396 e. The maximum Gasteiger partial charge on any atom is 0.346 e. The zero-order chi connectivity index (χ0) is 18.8. The molecule has 3 N–H and O–H groups in total. The van der Waals surface area contributed by atoms with Gasteiger partial charge in [0.1, 0.15) is 0 Å². The molecule has 0 saturated carbocycles. The minimum atomic E-state index is -0.824. The van der Waals surface area contributed by atoms with Gasteiger partial charge < -0.3 is 24.2 Å². The van der Waals surface area contributed by atoms with Gasteiger partial charge in [0.2, 0.25) is 0 Å². The summed E-state index contributed by atoms with van der Waals surface area (Å²) in [6.45, 7) is 1.35. The molecule has 0 aliphatic carbocycles. The third-order valence-corrected chi connectivity index (χ3v) is 4.16. The third kappa shape index (κ3) is 3.29. The normalized spacial score (nSPS) is 11.7. The molecule has 0 spiro atoms. The fraction of sp³-hybridized carbons (Fsp3) is 0.375. The molecule has 0 saturated heterocycles. The van der Waals surface area contributed by atoms with Crippen molar-refractivity contribution in [2.45, 2.75) is 13.3 Å². The van der Waals surface area contributed by atoms with E-state index in [-0.39, 0.29) is 41.4 Å². The van der Waals surface area contributed by atoms with E-state index in [0.717, 1.165) is 12.1 Å². The zero-order valence-electron chi connectivity index (χ0n) is 13.3. The van der Waals surface area contributed by atoms with Crippen LogP contribution in [0.4, 0.5) is 0 Å². The Labute approximate surface area is 139 Å². The van der Waals surface area contributed by atoms with Crippen molar-refractivity contribution in [1.29, 1.82) is 0 Å². The van der Waals surface area contributed by atoms with Gasteiger partial charge in [-0.15, -0.1) is 0 Å². The predicted octanol–water partition coefficient (Wildman–Crippen LogP) is -1.14. The van der Waals surface area contributed by atoms with Crippen LogP contribution in [0, 0.1) is 5.41 Å². The maximum absolute atomic E-state index is 11.2. The van der Waals surface area contributed by atoms with E-state index in [9.17, 15) is 19.2 Å². The molecule has 0 aliphatic heterocycles. The van der Waals surface area contributed by atoms with Gasteiger partial charge in [-0.3, -0.25) is 0 Å². The van der Waals surface area contributed by atoms with Crippen molar-refractivity contribution in [2.24, 2.45) is 5.41 Å². The van der Waals surface area contributed by atoms with E-state index in [1.807, 2.05) is 6.92 Å². The van der Waals surface area contributed by atoms with Crippen LogP contribution >= 0.6 is 0 Å². The second-order valence-corrected chi connectivity index (χ2v) is 5.63. The summed E-state index contributed by atoms with van der Waals surface area (Å²) in [7, 11) is 0. The topological polar surface area (TPSA) is 155 Å². The van der Waals surface area contributed by atoms with Crippen molar-refractivity contribution in [2.75, 3.05) is 19.8 Å². The fourth-order valence-electron chi connectivity index (χ4n) is 2.15. The fourth-order valence-corrected chi connectivity index (χ4v) is 2.15. The zero-order valence-corrected chi connectivity index (χ0v) is 13.3. The molecule has 0 aliphatic rings. The number of furan rings is 2. The molecule has 0 fully saturated rings. The van der Waals surface area contributed by atoms with Gasteiger partial charge in [0.15, 0.2) is 0 Å². The Hall–Kier alpha value is -2.62. The molecule has 3 aromatic rings. The van der Waals surface area contributed by atoms with E-state index >= 15 is 0 Å². The standard InChI is InChI=1S/C10H2O6.C6H14O3/c11-7-3-1-4-6(10(14)16-8(4)12)2-5(3)9(13)15-7;1-2-6(3-7,4-8)5-9/h1-2H;7-9H,2-5H2,1H3. The smallest absolute Gasteiger partial charge is 0.346 e. The number of fused-ring (bicyclic) bond motifs is 2. The van der Waals surface area contributed by atoms with Crippen LogP contribution in [0.1, 0.15) is 13.3 Å². The van der Waals surface area contributed by atoms with Gasteiger partial charge in [-0.25, -0.2) is 19.2 Å². The molecule has 0 atom stereocenters. The van der Waals surface area contributed by atoms with Crippen LogP contribution in [0.5, 0.6) is 0 Å². The van der Waals surface area contributed by atoms with Crippen LogP contribution in [-0.2, 0) is 0 Å². The Morgan fingerprint density at radius 1 is 0.720 bits per heavy atom. The lowest BCUT2D eigenvalue weighted by Gasteiger charge is -2.24. The first kappa shape index (κ1) is 18.7. The highest BCUT2D eigenvalue weighted by molar-refractivity contribution is 5.96. The first-order chi connectivity index (χ1) is 11.8. The SMILES string of the molecule is CCC(CO)(CO)CO.O=c1oc(=O)c2cc3c(=O)oc(=O)c3cc12.